The van der Waals surface area contributed by atoms with Crippen molar-refractivity contribution < 1.29 is 9.53 Å². The number of methoxy groups -OCH3 is 1. The van der Waals surface area contributed by atoms with E-state index in [2.05, 4.69) is 44.2 Å². The van der Waals surface area contributed by atoms with Crippen LogP contribution in [0.1, 0.15) is 40.3 Å². The Bertz CT molecular complexity index is 1140. The molecule has 3 aromatic carbocycles. The van der Waals surface area contributed by atoms with Crippen molar-refractivity contribution in [1.29, 1.82) is 0 Å². The summed E-state index contributed by atoms with van der Waals surface area (Å²) in [5.74, 6) is 0.793. The Balaban J connectivity index is 1.59. The monoisotopic (exact) mass is 441 g/mol. The molecule has 1 aliphatic heterocycles. The highest BCUT2D eigenvalue weighted by Crippen LogP contribution is 2.34. The van der Waals surface area contributed by atoms with Crippen molar-refractivity contribution in [2.45, 2.75) is 32.9 Å². The smallest absolute Gasteiger partial charge is 0.257 e. The number of hydrazone groups is 1. The number of benzene rings is 3. The molecule has 0 aromatic heterocycles. The van der Waals surface area contributed by atoms with Crippen LogP contribution in [0.4, 0.5) is 0 Å². The maximum atomic E-state index is 13.4. The molecular formula is C28H31N3O2. The van der Waals surface area contributed by atoms with Crippen LogP contribution in [0, 0.1) is 13.8 Å². The lowest BCUT2D eigenvalue weighted by Crippen LogP contribution is -2.36. The molecule has 0 radical (unpaired) electrons. The van der Waals surface area contributed by atoms with Crippen LogP contribution >= 0.6 is 0 Å². The van der Waals surface area contributed by atoms with Gasteiger partial charge in [-0.15, -0.1) is 0 Å². The molecule has 0 saturated carbocycles. The molecule has 0 bridgehead atoms. The van der Waals surface area contributed by atoms with Gasteiger partial charge in [0.05, 0.1) is 25.4 Å². The van der Waals surface area contributed by atoms with Crippen molar-refractivity contribution in [3.63, 3.8) is 0 Å². The van der Waals surface area contributed by atoms with Gasteiger partial charge in [0.2, 0.25) is 0 Å². The molecule has 33 heavy (non-hydrogen) atoms. The zero-order chi connectivity index (χ0) is 23.4. The molecular weight excluding hydrogens is 410 g/mol. The molecule has 5 nitrogen and oxygen atoms in total. The Labute approximate surface area is 196 Å². The zero-order valence-corrected chi connectivity index (χ0v) is 19.8. The van der Waals surface area contributed by atoms with E-state index in [0.29, 0.717) is 19.5 Å². The van der Waals surface area contributed by atoms with E-state index in [1.165, 1.54) is 16.7 Å². The van der Waals surface area contributed by atoms with Gasteiger partial charge >= 0.3 is 0 Å². The summed E-state index contributed by atoms with van der Waals surface area (Å²) in [7, 11) is 3.63. The van der Waals surface area contributed by atoms with E-state index in [1.54, 1.807) is 12.1 Å². The standard InChI is InChI=1S/C28H31N3O2/c1-20-10-15-25(21(2)16-20)26-17-27(23-11-13-24(33-4)14-12-23)31(29-26)28(32)19-30(3)18-22-8-6-5-7-9-22/h5-16,27H,17-19H2,1-4H3. The second kappa shape index (κ2) is 10.0. The minimum absolute atomic E-state index is 0.00554. The average Bonchev–Trinajstić information content (AvgIpc) is 3.25. The van der Waals surface area contributed by atoms with Crippen LogP contribution in [0.15, 0.2) is 77.9 Å². The Morgan fingerprint density at radius 2 is 1.79 bits per heavy atom. The van der Waals surface area contributed by atoms with Gasteiger partial charge in [-0.3, -0.25) is 9.69 Å². The van der Waals surface area contributed by atoms with Crippen molar-refractivity contribution in [3.05, 3.63) is 101 Å². The molecule has 5 heteroatoms. The molecule has 1 heterocycles. The lowest BCUT2D eigenvalue weighted by molar-refractivity contribution is -0.134. The van der Waals surface area contributed by atoms with E-state index in [4.69, 9.17) is 9.84 Å². The van der Waals surface area contributed by atoms with Crippen molar-refractivity contribution in [2.24, 2.45) is 5.10 Å². The van der Waals surface area contributed by atoms with E-state index in [9.17, 15) is 4.79 Å². The highest BCUT2D eigenvalue weighted by molar-refractivity contribution is 6.04. The van der Waals surface area contributed by atoms with Gasteiger partial charge < -0.3 is 4.74 Å². The van der Waals surface area contributed by atoms with E-state index in [1.807, 2.05) is 54.4 Å². The largest absolute Gasteiger partial charge is 0.497 e. The molecule has 0 aliphatic carbocycles. The van der Waals surface area contributed by atoms with Crippen LogP contribution in [0.3, 0.4) is 0 Å². The van der Waals surface area contributed by atoms with Gasteiger partial charge in [0.25, 0.3) is 5.91 Å². The maximum Gasteiger partial charge on any atom is 0.257 e. The fraction of sp³-hybridized carbons (Fsp3) is 0.286. The summed E-state index contributed by atoms with van der Waals surface area (Å²) >= 11 is 0. The highest BCUT2D eigenvalue weighted by atomic mass is 16.5. The van der Waals surface area contributed by atoms with Gasteiger partial charge in [0.15, 0.2) is 0 Å². The number of amides is 1. The number of likely N-dealkylation sites (N-methyl/N-ethyl adjacent to an activating group) is 1. The Morgan fingerprint density at radius 3 is 2.45 bits per heavy atom. The van der Waals surface area contributed by atoms with E-state index < -0.39 is 0 Å². The van der Waals surface area contributed by atoms with Gasteiger partial charge in [0.1, 0.15) is 5.75 Å². The number of ether oxygens (including phenoxy) is 1. The predicted molar refractivity (Wildman–Crippen MR) is 132 cm³/mol. The third kappa shape index (κ3) is 5.32. The second-order valence-corrected chi connectivity index (χ2v) is 8.75. The first-order valence-corrected chi connectivity index (χ1v) is 11.3. The zero-order valence-electron chi connectivity index (χ0n) is 19.8. The van der Waals surface area contributed by atoms with Crippen LogP contribution in [-0.4, -0.2) is 42.2 Å². The third-order valence-corrected chi connectivity index (χ3v) is 6.06. The highest BCUT2D eigenvalue weighted by Gasteiger charge is 2.33. The van der Waals surface area contributed by atoms with Gasteiger partial charge in [-0.2, -0.15) is 5.10 Å². The van der Waals surface area contributed by atoms with Gasteiger partial charge in [-0.1, -0.05) is 66.2 Å². The second-order valence-electron chi connectivity index (χ2n) is 8.75. The number of carbonyl (C=O) groups excluding carboxylic acids is 1. The van der Waals surface area contributed by atoms with Crippen LogP contribution in [0.2, 0.25) is 0 Å². The van der Waals surface area contributed by atoms with E-state index in [-0.39, 0.29) is 11.9 Å². The lowest BCUT2D eigenvalue weighted by atomic mass is 9.95. The van der Waals surface area contributed by atoms with Crippen molar-refractivity contribution in [3.8, 4) is 5.75 Å². The molecule has 1 atom stereocenters. The first kappa shape index (κ1) is 22.7. The Morgan fingerprint density at radius 1 is 1.06 bits per heavy atom. The summed E-state index contributed by atoms with van der Waals surface area (Å²) in [6.45, 7) is 5.20. The summed E-state index contributed by atoms with van der Waals surface area (Å²) in [6.07, 6.45) is 0.685. The minimum atomic E-state index is -0.135. The quantitative estimate of drug-likeness (QED) is 0.511. The molecule has 170 valence electrons. The Hall–Kier alpha value is -3.44. The molecule has 0 N–H and O–H groups in total. The maximum absolute atomic E-state index is 13.4. The summed E-state index contributed by atoms with van der Waals surface area (Å²) in [5, 5.41) is 6.53. The van der Waals surface area contributed by atoms with Crippen LogP contribution in [0.5, 0.6) is 5.75 Å². The first-order chi connectivity index (χ1) is 15.9. The number of rotatable bonds is 7. The topological polar surface area (TPSA) is 45.1 Å². The third-order valence-electron chi connectivity index (χ3n) is 6.06. The van der Waals surface area contributed by atoms with Gasteiger partial charge in [-0.25, -0.2) is 5.01 Å². The fourth-order valence-corrected chi connectivity index (χ4v) is 4.38. The molecule has 0 spiro atoms. The molecule has 1 aliphatic rings. The number of hydrogen-bond acceptors (Lipinski definition) is 4. The fourth-order valence-electron chi connectivity index (χ4n) is 4.38. The summed E-state index contributed by atoms with van der Waals surface area (Å²) in [4.78, 5) is 15.5. The minimum Gasteiger partial charge on any atom is -0.497 e. The number of aryl methyl sites for hydroxylation is 2. The molecule has 4 rings (SSSR count). The summed E-state index contributed by atoms with van der Waals surface area (Å²) in [6, 6.07) is 24.4. The molecule has 3 aromatic rings. The molecule has 0 fully saturated rings. The van der Waals surface area contributed by atoms with Crippen molar-refractivity contribution in [2.75, 3.05) is 20.7 Å². The van der Waals surface area contributed by atoms with E-state index >= 15 is 0 Å². The SMILES string of the molecule is COc1ccc(C2CC(c3ccc(C)cc3C)=NN2C(=O)CN(C)Cc2ccccc2)cc1. The normalized spacial score (nSPS) is 15.6. The van der Waals surface area contributed by atoms with Crippen LogP contribution in [0.25, 0.3) is 0 Å². The lowest BCUT2D eigenvalue weighted by Gasteiger charge is -2.25. The molecule has 1 unspecified atom stereocenters. The van der Waals surface area contributed by atoms with Crippen LogP contribution < -0.4 is 4.74 Å². The number of carbonyl (C=O) groups is 1. The Kier molecular flexibility index (Phi) is 6.90. The van der Waals surface area contributed by atoms with E-state index in [0.717, 1.165) is 22.6 Å². The predicted octanol–water partition coefficient (Wildman–Crippen LogP) is 5.12. The number of nitrogens with zero attached hydrogens (tertiary/aromatic N) is 3. The summed E-state index contributed by atoms with van der Waals surface area (Å²) in [5.41, 5.74) is 6.69. The average molecular weight is 442 g/mol. The molecule has 0 saturated heterocycles. The summed E-state index contributed by atoms with van der Waals surface area (Å²) < 4.78 is 5.32. The van der Waals surface area contributed by atoms with Crippen LogP contribution in [-0.2, 0) is 11.3 Å². The van der Waals surface area contributed by atoms with Crippen molar-refractivity contribution >= 4 is 11.6 Å². The van der Waals surface area contributed by atoms with Crippen molar-refractivity contribution in [1.82, 2.24) is 9.91 Å². The van der Waals surface area contributed by atoms with Gasteiger partial charge in [0, 0.05) is 18.5 Å². The molecule has 1 amide bonds. The first-order valence-electron chi connectivity index (χ1n) is 11.3. The number of hydrogen-bond donors (Lipinski definition) is 0. The van der Waals surface area contributed by atoms with Gasteiger partial charge in [-0.05, 0) is 49.7 Å².